The Morgan fingerprint density at radius 1 is 1.22 bits per heavy atom. The molecule has 32 heavy (non-hydrogen) atoms. The molecular formula is C23H26N6O3. The fourth-order valence-electron chi connectivity index (χ4n) is 4.38. The number of ether oxygens (including phenoxy) is 2. The molecule has 1 saturated carbocycles. The molecule has 0 aliphatic heterocycles. The maximum Gasteiger partial charge on any atom is 0.253 e. The number of carbonyl (C=O) groups excluding carboxylic acids is 1. The lowest BCUT2D eigenvalue weighted by molar-refractivity contribution is 0.100. The largest absolute Gasteiger partial charge is 0.477 e. The Bertz CT molecular complexity index is 1370. The van der Waals surface area contributed by atoms with Crippen molar-refractivity contribution in [2.24, 2.45) is 11.1 Å². The monoisotopic (exact) mass is 434 g/mol. The number of anilines is 1. The normalized spacial score (nSPS) is 14.8. The minimum Gasteiger partial charge on any atom is -0.477 e. The van der Waals surface area contributed by atoms with Crippen LogP contribution in [0.5, 0.6) is 5.88 Å². The lowest BCUT2D eigenvalue weighted by atomic mass is 10.1. The number of methoxy groups -OCH3 is 1. The number of H-pyrrole nitrogens is 1. The van der Waals surface area contributed by atoms with E-state index in [1.54, 1.807) is 17.9 Å². The lowest BCUT2D eigenvalue weighted by Crippen LogP contribution is -2.19. The van der Waals surface area contributed by atoms with Gasteiger partial charge in [0.05, 0.1) is 36.2 Å². The highest BCUT2D eigenvalue weighted by molar-refractivity contribution is 6.11. The summed E-state index contributed by atoms with van der Waals surface area (Å²) in [5, 5.41) is 8.60. The SMILES string of the molecule is COCC1(COc2nc3c(cc2C)c(C(N)=O)c(N)n3-c2c(C)ccc3[nH]ncc23)CC1. The van der Waals surface area contributed by atoms with Crippen LogP contribution < -0.4 is 16.2 Å². The van der Waals surface area contributed by atoms with Gasteiger partial charge in [-0.15, -0.1) is 0 Å². The van der Waals surface area contributed by atoms with Crippen LogP contribution in [0, 0.1) is 19.3 Å². The molecule has 1 fully saturated rings. The molecule has 1 aromatic carbocycles. The van der Waals surface area contributed by atoms with E-state index >= 15 is 0 Å². The van der Waals surface area contributed by atoms with E-state index in [2.05, 4.69) is 10.2 Å². The van der Waals surface area contributed by atoms with Gasteiger partial charge in [0, 0.05) is 28.9 Å². The van der Waals surface area contributed by atoms with Crippen LogP contribution in [0.4, 0.5) is 5.82 Å². The van der Waals surface area contributed by atoms with E-state index in [0.29, 0.717) is 30.1 Å². The van der Waals surface area contributed by atoms with Gasteiger partial charge in [0.15, 0.2) is 5.65 Å². The summed E-state index contributed by atoms with van der Waals surface area (Å²) >= 11 is 0. The third-order valence-corrected chi connectivity index (χ3v) is 6.31. The van der Waals surface area contributed by atoms with E-state index in [-0.39, 0.29) is 16.8 Å². The average Bonchev–Trinajstić information content (AvgIpc) is 3.23. The maximum atomic E-state index is 12.3. The van der Waals surface area contributed by atoms with Gasteiger partial charge in [-0.25, -0.2) is 0 Å². The quantitative estimate of drug-likeness (QED) is 0.409. The number of hydrogen-bond donors (Lipinski definition) is 3. The maximum absolute atomic E-state index is 12.3. The Morgan fingerprint density at radius 3 is 2.69 bits per heavy atom. The van der Waals surface area contributed by atoms with Crippen LogP contribution in [0.1, 0.15) is 34.3 Å². The van der Waals surface area contributed by atoms with Gasteiger partial charge in [-0.1, -0.05) is 6.07 Å². The van der Waals surface area contributed by atoms with Crippen LogP contribution in [-0.2, 0) is 4.74 Å². The zero-order chi connectivity index (χ0) is 22.6. The second kappa shape index (κ2) is 7.23. The number of aryl methyl sites for hydroxylation is 2. The summed E-state index contributed by atoms with van der Waals surface area (Å²) in [7, 11) is 1.70. The number of fused-ring (bicyclic) bond motifs is 2. The number of hydrogen-bond acceptors (Lipinski definition) is 6. The molecule has 0 atom stereocenters. The molecule has 0 bridgehead atoms. The summed E-state index contributed by atoms with van der Waals surface area (Å²) in [4.78, 5) is 17.2. The molecule has 166 valence electrons. The fraction of sp³-hybridized carbons (Fsp3) is 0.348. The molecule has 4 aromatic rings. The highest BCUT2D eigenvalue weighted by atomic mass is 16.5. The first-order valence-corrected chi connectivity index (χ1v) is 10.5. The average molecular weight is 435 g/mol. The second-order valence-corrected chi connectivity index (χ2v) is 8.73. The molecule has 3 heterocycles. The molecule has 0 radical (unpaired) electrons. The van der Waals surface area contributed by atoms with Crippen molar-refractivity contribution in [3.63, 3.8) is 0 Å². The van der Waals surface area contributed by atoms with Gasteiger partial charge in [0.25, 0.3) is 5.91 Å². The van der Waals surface area contributed by atoms with E-state index in [1.165, 1.54) is 0 Å². The third-order valence-electron chi connectivity index (χ3n) is 6.31. The summed E-state index contributed by atoms with van der Waals surface area (Å²) in [6.07, 6.45) is 3.87. The zero-order valence-electron chi connectivity index (χ0n) is 18.4. The topological polar surface area (TPSA) is 134 Å². The smallest absolute Gasteiger partial charge is 0.253 e. The standard InChI is InChI=1S/C23H26N6O3/c1-12-4-5-16-15(9-26-28-16)18(12)29-19(24)17(20(25)30)14-8-13(2)22(27-21(14)29)32-11-23(6-7-23)10-31-3/h4-5,8-9H,6-7,10-11,24H2,1-3H3,(H2,25,30)(H,26,28). The molecule has 3 aromatic heterocycles. The molecule has 9 nitrogen and oxygen atoms in total. The Balaban J connectivity index is 1.72. The van der Waals surface area contributed by atoms with Crippen molar-refractivity contribution >= 4 is 33.7 Å². The summed E-state index contributed by atoms with van der Waals surface area (Å²) in [6, 6.07) is 5.79. The Hall–Kier alpha value is -3.59. The number of amides is 1. The first-order chi connectivity index (χ1) is 15.3. The first-order valence-electron chi connectivity index (χ1n) is 10.5. The van der Waals surface area contributed by atoms with Crippen molar-refractivity contribution in [1.29, 1.82) is 0 Å². The van der Waals surface area contributed by atoms with Crippen molar-refractivity contribution in [1.82, 2.24) is 19.7 Å². The molecule has 1 aliphatic carbocycles. The van der Waals surface area contributed by atoms with E-state index in [4.69, 9.17) is 25.9 Å². The Morgan fingerprint density at radius 2 is 2.00 bits per heavy atom. The van der Waals surface area contributed by atoms with Gasteiger partial charge in [0.2, 0.25) is 5.88 Å². The fourth-order valence-corrected chi connectivity index (χ4v) is 4.38. The van der Waals surface area contributed by atoms with Crippen molar-refractivity contribution in [3.05, 3.63) is 41.1 Å². The third kappa shape index (κ3) is 3.08. The van der Waals surface area contributed by atoms with Crippen molar-refractivity contribution in [3.8, 4) is 11.6 Å². The number of pyridine rings is 1. The number of primary amides is 1. The van der Waals surface area contributed by atoms with Crippen LogP contribution in [0.25, 0.3) is 27.6 Å². The molecule has 5 rings (SSSR count). The van der Waals surface area contributed by atoms with Crippen LogP contribution in [0.3, 0.4) is 0 Å². The van der Waals surface area contributed by atoms with Crippen molar-refractivity contribution in [2.45, 2.75) is 26.7 Å². The number of carbonyl (C=O) groups is 1. The predicted molar refractivity (Wildman–Crippen MR) is 122 cm³/mol. The predicted octanol–water partition coefficient (Wildman–Crippen LogP) is 3.01. The molecule has 5 N–H and O–H groups in total. The Kier molecular flexibility index (Phi) is 4.59. The minimum absolute atomic E-state index is 0.0518. The zero-order valence-corrected chi connectivity index (χ0v) is 18.4. The molecule has 1 amide bonds. The molecule has 0 unspecified atom stereocenters. The van der Waals surface area contributed by atoms with Crippen molar-refractivity contribution in [2.75, 3.05) is 26.1 Å². The number of nitrogens with two attached hydrogens (primary N) is 2. The van der Waals surface area contributed by atoms with Crippen LogP contribution in [-0.4, -0.2) is 46.0 Å². The van der Waals surface area contributed by atoms with Gasteiger partial charge in [0.1, 0.15) is 5.82 Å². The van der Waals surface area contributed by atoms with E-state index in [0.717, 1.165) is 40.6 Å². The number of rotatable bonds is 7. The van der Waals surface area contributed by atoms with Crippen LogP contribution in [0.2, 0.25) is 0 Å². The van der Waals surface area contributed by atoms with Crippen LogP contribution >= 0.6 is 0 Å². The summed E-state index contributed by atoms with van der Waals surface area (Å²) < 4.78 is 13.3. The van der Waals surface area contributed by atoms with E-state index in [1.807, 2.05) is 32.0 Å². The number of aromatic nitrogens is 4. The van der Waals surface area contributed by atoms with Gasteiger partial charge in [-0.2, -0.15) is 10.1 Å². The minimum atomic E-state index is -0.602. The number of aromatic amines is 1. The molecule has 1 aliphatic rings. The summed E-state index contributed by atoms with van der Waals surface area (Å²) in [6.45, 7) is 5.06. The number of nitrogens with zero attached hydrogens (tertiary/aromatic N) is 3. The number of nitrogen functional groups attached to an aromatic ring is 1. The summed E-state index contributed by atoms with van der Waals surface area (Å²) in [5.74, 6) is 0.147. The summed E-state index contributed by atoms with van der Waals surface area (Å²) in [5.41, 5.74) is 16.5. The highest BCUT2D eigenvalue weighted by Gasteiger charge is 2.44. The molecule has 0 spiro atoms. The molecule has 9 heteroatoms. The highest BCUT2D eigenvalue weighted by Crippen LogP contribution is 2.46. The number of benzene rings is 1. The molecule has 0 saturated heterocycles. The van der Waals surface area contributed by atoms with Crippen LogP contribution in [0.15, 0.2) is 24.4 Å². The molecular weight excluding hydrogens is 408 g/mol. The lowest BCUT2D eigenvalue weighted by Gasteiger charge is -2.16. The van der Waals surface area contributed by atoms with E-state index < -0.39 is 5.91 Å². The number of nitrogens with one attached hydrogen (secondary N) is 1. The van der Waals surface area contributed by atoms with Gasteiger partial charge >= 0.3 is 0 Å². The van der Waals surface area contributed by atoms with Gasteiger partial charge < -0.3 is 20.9 Å². The first kappa shape index (κ1) is 20.3. The van der Waals surface area contributed by atoms with Crippen molar-refractivity contribution < 1.29 is 14.3 Å². The van der Waals surface area contributed by atoms with Gasteiger partial charge in [-0.3, -0.25) is 14.5 Å². The Labute approximate surface area is 184 Å². The second-order valence-electron chi connectivity index (χ2n) is 8.73. The van der Waals surface area contributed by atoms with E-state index in [9.17, 15) is 4.79 Å². The van der Waals surface area contributed by atoms with Gasteiger partial charge in [-0.05, 0) is 44.4 Å².